The molecule has 0 bridgehead atoms. The number of aliphatic hydroxyl groups is 1. The van der Waals surface area contributed by atoms with Crippen LogP contribution < -0.4 is 10.6 Å². The number of piperidine rings is 1. The minimum absolute atomic E-state index is 0.208. The highest BCUT2D eigenvalue weighted by Crippen LogP contribution is 2.30. The van der Waals surface area contributed by atoms with Crippen LogP contribution in [0, 0.1) is 12.8 Å². The van der Waals surface area contributed by atoms with Crippen LogP contribution in [0.4, 0.5) is 11.8 Å². The Labute approximate surface area is 129 Å². The third-order valence-corrected chi connectivity index (χ3v) is 4.39. The largest absolute Gasteiger partial charge is 0.385 e. The first-order chi connectivity index (χ1) is 10.6. The molecule has 0 spiro atoms. The Kier molecular flexibility index (Phi) is 3.98. The number of aliphatic hydroxyl groups excluding tert-OH is 1. The lowest BCUT2D eigenvalue weighted by Gasteiger charge is -2.34. The maximum atomic E-state index is 10.5. The topological polar surface area (TPSA) is 93.1 Å². The maximum absolute atomic E-state index is 10.5. The van der Waals surface area contributed by atoms with Gasteiger partial charge in [0.1, 0.15) is 17.7 Å². The van der Waals surface area contributed by atoms with Crippen molar-refractivity contribution in [3.63, 3.8) is 0 Å². The first kappa shape index (κ1) is 14.8. The molecule has 1 aliphatic heterocycles. The van der Waals surface area contributed by atoms with Crippen molar-refractivity contribution in [3.8, 4) is 0 Å². The molecular weight excluding hydrogens is 280 g/mol. The van der Waals surface area contributed by atoms with Crippen LogP contribution in [0.3, 0.4) is 0 Å². The highest BCUT2D eigenvalue weighted by atomic mass is 16.3. The van der Waals surface area contributed by atoms with Crippen LogP contribution in [0.1, 0.15) is 30.3 Å². The van der Waals surface area contributed by atoms with E-state index in [-0.39, 0.29) is 5.92 Å². The predicted octanol–water partition coefficient (Wildman–Crippen LogP) is 1.05. The Bertz CT molecular complexity index is 647. The van der Waals surface area contributed by atoms with E-state index in [2.05, 4.69) is 19.9 Å². The van der Waals surface area contributed by atoms with Crippen LogP contribution in [-0.4, -0.2) is 37.7 Å². The van der Waals surface area contributed by atoms with Gasteiger partial charge in [-0.25, -0.2) is 9.97 Å². The molecular formula is C15H22N6O. The summed E-state index contributed by atoms with van der Waals surface area (Å²) in [5.41, 5.74) is 6.75. The molecule has 7 nitrogen and oxygen atoms in total. The molecule has 0 amide bonds. The molecule has 118 valence electrons. The van der Waals surface area contributed by atoms with Crippen molar-refractivity contribution in [2.75, 3.05) is 23.7 Å². The third-order valence-electron chi connectivity index (χ3n) is 4.39. The van der Waals surface area contributed by atoms with Crippen molar-refractivity contribution < 1.29 is 5.11 Å². The van der Waals surface area contributed by atoms with Gasteiger partial charge in [-0.15, -0.1) is 0 Å². The van der Waals surface area contributed by atoms with E-state index in [1.165, 1.54) is 0 Å². The average Bonchev–Trinajstić information content (AvgIpc) is 2.95. The second-order valence-electron chi connectivity index (χ2n) is 5.90. The fourth-order valence-electron chi connectivity index (χ4n) is 2.89. The standard InChI is InChI=1S/C15H22N6O/c1-10-9-18-15(19-13(10)16)21-6-3-11(4-7-21)12(22)14-17-5-8-20(14)2/h5,8-9,11-12,22H,3-4,6-7H2,1-2H3,(H2,16,18,19). The van der Waals surface area contributed by atoms with Gasteiger partial charge in [0.05, 0.1) is 0 Å². The second-order valence-corrected chi connectivity index (χ2v) is 5.90. The predicted molar refractivity (Wildman–Crippen MR) is 84.3 cm³/mol. The molecule has 2 aromatic rings. The maximum Gasteiger partial charge on any atom is 0.227 e. The average molecular weight is 302 g/mol. The summed E-state index contributed by atoms with van der Waals surface area (Å²) in [6, 6.07) is 0. The number of hydrogen-bond acceptors (Lipinski definition) is 6. The number of nitrogen functional groups attached to an aromatic ring is 1. The van der Waals surface area contributed by atoms with Gasteiger partial charge >= 0.3 is 0 Å². The zero-order valence-electron chi connectivity index (χ0n) is 13.0. The zero-order chi connectivity index (χ0) is 15.7. The van der Waals surface area contributed by atoms with Crippen molar-refractivity contribution in [1.29, 1.82) is 0 Å². The molecule has 0 saturated carbocycles. The number of aromatic nitrogens is 4. The summed E-state index contributed by atoms with van der Waals surface area (Å²) >= 11 is 0. The zero-order valence-corrected chi connectivity index (χ0v) is 13.0. The number of anilines is 2. The quantitative estimate of drug-likeness (QED) is 0.880. The minimum atomic E-state index is -0.522. The lowest BCUT2D eigenvalue weighted by Crippen LogP contribution is -2.37. The lowest BCUT2D eigenvalue weighted by molar-refractivity contribution is 0.0823. The van der Waals surface area contributed by atoms with Crippen LogP contribution in [0.5, 0.6) is 0 Å². The van der Waals surface area contributed by atoms with E-state index >= 15 is 0 Å². The number of imidazole rings is 1. The van der Waals surface area contributed by atoms with E-state index in [1.807, 2.05) is 24.7 Å². The number of nitrogens with zero attached hydrogens (tertiary/aromatic N) is 5. The van der Waals surface area contributed by atoms with Crippen LogP contribution in [0.15, 0.2) is 18.6 Å². The first-order valence-corrected chi connectivity index (χ1v) is 7.55. The first-order valence-electron chi connectivity index (χ1n) is 7.55. The van der Waals surface area contributed by atoms with Gasteiger partial charge in [-0.2, -0.15) is 4.98 Å². The van der Waals surface area contributed by atoms with Crippen molar-refractivity contribution >= 4 is 11.8 Å². The van der Waals surface area contributed by atoms with Gasteiger partial charge in [0, 0.05) is 44.3 Å². The summed E-state index contributed by atoms with van der Waals surface area (Å²) in [6.45, 7) is 3.53. The van der Waals surface area contributed by atoms with Crippen molar-refractivity contribution in [3.05, 3.63) is 30.0 Å². The van der Waals surface area contributed by atoms with Crippen molar-refractivity contribution in [1.82, 2.24) is 19.5 Å². The summed E-state index contributed by atoms with van der Waals surface area (Å²) in [7, 11) is 1.91. The molecule has 1 fully saturated rings. The molecule has 0 aliphatic carbocycles. The Morgan fingerprint density at radius 3 is 2.64 bits per heavy atom. The molecule has 1 saturated heterocycles. The summed E-state index contributed by atoms with van der Waals surface area (Å²) in [6.07, 6.45) is 6.57. The van der Waals surface area contributed by atoms with Crippen molar-refractivity contribution in [2.24, 2.45) is 13.0 Å². The van der Waals surface area contributed by atoms with Crippen molar-refractivity contribution in [2.45, 2.75) is 25.9 Å². The lowest BCUT2D eigenvalue weighted by atomic mass is 9.91. The van der Waals surface area contributed by atoms with Crippen LogP contribution in [-0.2, 0) is 7.05 Å². The molecule has 2 aromatic heterocycles. The van der Waals surface area contributed by atoms with Gasteiger partial charge in [-0.1, -0.05) is 0 Å². The molecule has 3 heterocycles. The Morgan fingerprint density at radius 2 is 2.05 bits per heavy atom. The second kappa shape index (κ2) is 5.92. The number of rotatable bonds is 3. The number of aryl methyl sites for hydroxylation is 2. The Hall–Kier alpha value is -2.15. The van der Waals surface area contributed by atoms with Gasteiger partial charge in [0.25, 0.3) is 0 Å². The van der Waals surface area contributed by atoms with E-state index in [9.17, 15) is 5.11 Å². The molecule has 0 aromatic carbocycles. The van der Waals surface area contributed by atoms with Gasteiger partial charge in [-0.3, -0.25) is 0 Å². The SMILES string of the molecule is Cc1cnc(N2CCC(C(O)c3nccn3C)CC2)nc1N. The van der Waals surface area contributed by atoms with Gasteiger partial charge in [0.15, 0.2) is 0 Å². The summed E-state index contributed by atoms with van der Waals surface area (Å²) in [5.74, 6) is 2.14. The van der Waals surface area contributed by atoms with Crippen LogP contribution >= 0.6 is 0 Å². The van der Waals surface area contributed by atoms with Gasteiger partial charge < -0.3 is 20.3 Å². The highest BCUT2D eigenvalue weighted by molar-refractivity contribution is 5.43. The number of hydrogen-bond donors (Lipinski definition) is 2. The van der Waals surface area contributed by atoms with E-state index in [0.717, 1.165) is 37.3 Å². The third kappa shape index (κ3) is 2.76. The Balaban J connectivity index is 1.65. The Morgan fingerprint density at radius 1 is 1.32 bits per heavy atom. The van der Waals surface area contributed by atoms with Crippen LogP contribution in [0.2, 0.25) is 0 Å². The van der Waals surface area contributed by atoms with Crippen LogP contribution in [0.25, 0.3) is 0 Å². The normalized spacial score (nSPS) is 17.7. The van der Waals surface area contributed by atoms with Gasteiger partial charge in [-0.05, 0) is 25.7 Å². The molecule has 22 heavy (non-hydrogen) atoms. The molecule has 1 atom stereocenters. The van der Waals surface area contributed by atoms with E-state index in [4.69, 9.17) is 5.73 Å². The van der Waals surface area contributed by atoms with E-state index < -0.39 is 6.10 Å². The molecule has 3 rings (SSSR count). The molecule has 1 unspecified atom stereocenters. The van der Waals surface area contributed by atoms with E-state index in [0.29, 0.717) is 11.8 Å². The molecule has 7 heteroatoms. The van der Waals surface area contributed by atoms with Gasteiger partial charge in [0.2, 0.25) is 5.95 Å². The minimum Gasteiger partial charge on any atom is -0.385 e. The molecule has 0 radical (unpaired) electrons. The number of nitrogens with two attached hydrogens (primary N) is 1. The summed E-state index contributed by atoms with van der Waals surface area (Å²) < 4.78 is 1.88. The van der Waals surface area contributed by atoms with E-state index in [1.54, 1.807) is 12.4 Å². The smallest absolute Gasteiger partial charge is 0.227 e. The fourth-order valence-corrected chi connectivity index (χ4v) is 2.89. The monoisotopic (exact) mass is 302 g/mol. The summed E-state index contributed by atoms with van der Waals surface area (Å²) in [5, 5.41) is 10.5. The fraction of sp³-hybridized carbons (Fsp3) is 0.533. The molecule has 1 aliphatic rings. The highest BCUT2D eigenvalue weighted by Gasteiger charge is 2.29. The summed E-state index contributed by atoms with van der Waals surface area (Å²) in [4.78, 5) is 15.1. The molecule has 3 N–H and O–H groups in total.